The minimum Gasteiger partial charge on any atom is -0.480 e. The highest BCUT2D eigenvalue weighted by Crippen LogP contribution is 2.17. The van der Waals surface area contributed by atoms with E-state index in [4.69, 9.17) is 11.6 Å². The van der Waals surface area contributed by atoms with E-state index in [1.54, 1.807) is 30.3 Å². The Morgan fingerprint density at radius 2 is 1.91 bits per heavy atom. The molecule has 0 unspecified atom stereocenters. The third kappa shape index (κ3) is 5.07. The van der Waals surface area contributed by atoms with Crippen molar-refractivity contribution >= 4 is 23.5 Å². The molecule has 6 heteroatoms. The van der Waals surface area contributed by atoms with Crippen molar-refractivity contribution in [3.8, 4) is 0 Å². The molecule has 0 radical (unpaired) electrons. The Morgan fingerprint density at radius 3 is 2.57 bits per heavy atom. The van der Waals surface area contributed by atoms with Crippen LogP contribution in [-0.4, -0.2) is 23.0 Å². The lowest BCUT2D eigenvalue weighted by Crippen LogP contribution is -2.43. The number of carboxylic acids is 1. The fourth-order valence-electron chi connectivity index (χ4n) is 2.16. The summed E-state index contributed by atoms with van der Waals surface area (Å²) < 4.78 is 13.1. The van der Waals surface area contributed by atoms with Gasteiger partial charge in [0.25, 0.3) is 0 Å². The predicted octanol–water partition coefficient (Wildman–Crippen LogP) is 2.83. The number of benzene rings is 2. The first-order valence-electron chi connectivity index (χ1n) is 6.95. The van der Waals surface area contributed by atoms with Gasteiger partial charge >= 0.3 is 5.97 Å². The van der Waals surface area contributed by atoms with Gasteiger partial charge in [-0.3, -0.25) is 4.79 Å². The van der Waals surface area contributed by atoms with Gasteiger partial charge in [0.15, 0.2) is 0 Å². The minimum absolute atomic E-state index is 0.0733. The molecule has 4 nitrogen and oxygen atoms in total. The maximum atomic E-state index is 13.1. The zero-order valence-corrected chi connectivity index (χ0v) is 12.9. The van der Waals surface area contributed by atoms with Crippen LogP contribution in [0, 0.1) is 5.82 Å². The molecule has 2 rings (SSSR count). The minimum atomic E-state index is -1.16. The van der Waals surface area contributed by atoms with Crippen LogP contribution in [-0.2, 0) is 22.4 Å². The van der Waals surface area contributed by atoms with Crippen molar-refractivity contribution in [2.24, 2.45) is 0 Å². The average molecular weight is 336 g/mol. The molecule has 0 spiro atoms. The molecule has 1 amide bonds. The van der Waals surface area contributed by atoms with Gasteiger partial charge in [0.2, 0.25) is 5.91 Å². The fraction of sp³-hybridized carbons (Fsp3) is 0.176. The molecule has 0 aliphatic carbocycles. The quantitative estimate of drug-likeness (QED) is 0.853. The van der Waals surface area contributed by atoms with Gasteiger partial charge in [0, 0.05) is 11.4 Å². The van der Waals surface area contributed by atoms with Crippen LogP contribution < -0.4 is 5.32 Å². The highest BCUT2D eigenvalue weighted by Gasteiger charge is 2.21. The van der Waals surface area contributed by atoms with Crippen LogP contribution in [0.5, 0.6) is 0 Å². The molecular formula is C17H15ClFNO3. The summed E-state index contributed by atoms with van der Waals surface area (Å²) in [6, 6.07) is 11.4. The van der Waals surface area contributed by atoms with Gasteiger partial charge in [0.05, 0.1) is 6.42 Å². The van der Waals surface area contributed by atoms with Crippen molar-refractivity contribution in [1.29, 1.82) is 0 Å². The molecule has 0 heterocycles. The second-order valence-electron chi connectivity index (χ2n) is 5.06. The van der Waals surface area contributed by atoms with Crippen molar-refractivity contribution in [2.45, 2.75) is 18.9 Å². The number of hydrogen-bond acceptors (Lipinski definition) is 2. The van der Waals surface area contributed by atoms with Crippen LogP contribution >= 0.6 is 11.6 Å². The highest BCUT2D eigenvalue weighted by atomic mass is 35.5. The normalized spacial score (nSPS) is 11.7. The summed E-state index contributed by atoms with van der Waals surface area (Å²) in [6.07, 6.45) is -0.0199. The summed E-state index contributed by atoms with van der Waals surface area (Å²) in [6.45, 7) is 0. The maximum Gasteiger partial charge on any atom is 0.326 e. The van der Waals surface area contributed by atoms with Gasteiger partial charge in [-0.05, 0) is 29.3 Å². The lowest BCUT2D eigenvalue weighted by Gasteiger charge is -2.15. The SMILES string of the molecule is O=C(Cc1cccc(F)c1)N[C@H](Cc1ccccc1Cl)C(=O)O. The third-order valence-corrected chi connectivity index (χ3v) is 3.64. The van der Waals surface area contributed by atoms with E-state index in [2.05, 4.69) is 5.32 Å². The molecule has 0 fully saturated rings. The van der Waals surface area contributed by atoms with Crippen LogP contribution in [0.3, 0.4) is 0 Å². The van der Waals surface area contributed by atoms with Gasteiger partial charge in [-0.1, -0.05) is 41.9 Å². The average Bonchev–Trinajstić information content (AvgIpc) is 2.48. The number of hydrogen-bond donors (Lipinski definition) is 2. The molecule has 0 saturated carbocycles. The Kier molecular flexibility index (Phi) is 5.71. The van der Waals surface area contributed by atoms with Crippen molar-refractivity contribution in [2.75, 3.05) is 0 Å². The van der Waals surface area contributed by atoms with Crippen molar-refractivity contribution in [3.63, 3.8) is 0 Å². The van der Waals surface area contributed by atoms with Crippen molar-refractivity contribution < 1.29 is 19.1 Å². The second kappa shape index (κ2) is 7.74. The van der Waals surface area contributed by atoms with E-state index >= 15 is 0 Å². The Bertz CT molecular complexity index is 720. The molecule has 0 aliphatic heterocycles. The van der Waals surface area contributed by atoms with Crippen molar-refractivity contribution in [1.82, 2.24) is 5.32 Å². The predicted molar refractivity (Wildman–Crippen MR) is 84.8 cm³/mol. The summed E-state index contributed by atoms with van der Waals surface area (Å²) >= 11 is 6.01. The Hall–Kier alpha value is -2.40. The smallest absolute Gasteiger partial charge is 0.326 e. The van der Waals surface area contributed by atoms with Crippen LogP contribution in [0.25, 0.3) is 0 Å². The van der Waals surface area contributed by atoms with E-state index in [1.165, 1.54) is 18.2 Å². The molecule has 0 aromatic heterocycles. The van der Waals surface area contributed by atoms with Crippen LogP contribution in [0.1, 0.15) is 11.1 Å². The zero-order chi connectivity index (χ0) is 16.8. The third-order valence-electron chi connectivity index (χ3n) is 3.27. The van der Waals surface area contributed by atoms with E-state index in [9.17, 15) is 19.1 Å². The van der Waals surface area contributed by atoms with Crippen LogP contribution in [0.2, 0.25) is 5.02 Å². The van der Waals surface area contributed by atoms with E-state index in [-0.39, 0.29) is 12.8 Å². The molecule has 0 bridgehead atoms. The van der Waals surface area contributed by atoms with Gasteiger partial charge in [-0.25, -0.2) is 9.18 Å². The Balaban J connectivity index is 2.03. The summed E-state index contributed by atoms with van der Waals surface area (Å²) in [5.41, 5.74) is 1.11. The summed E-state index contributed by atoms with van der Waals surface area (Å²) in [5.74, 6) is -2.09. The number of rotatable bonds is 6. The van der Waals surface area contributed by atoms with E-state index in [1.807, 2.05) is 0 Å². The number of halogens is 2. The van der Waals surface area contributed by atoms with Gasteiger partial charge in [-0.2, -0.15) is 0 Å². The van der Waals surface area contributed by atoms with Crippen LogP contribution in [0.4, 0.5) is 4.39 Å². The van der Waals surface area contributed by atoms with E-state index in [0.29, 0.717) is 16.1 Å². The standard InChI is InChI=1S/C17H15ClFNO3/c18-14-7-2-1-5-12(14)10-15(17(22)23)20-16(21)9-11-4-3-6-13(19)8-11/h1-8,15H,9-10H2,(H,20,21)(H,22,23)/t15-/m1/s1. The molecule has 2 N–H and O–H groups in total. The first-order chi connectivity index (χ1) is 11.0. The molecule has 0 aliphatic rings. The zero-order valence-electron chi connectivity index (χ0n) is 12.1. The lowest BCUT2D eigenvalue weighted by molar-refractivity contribution is -0.141. The summed E-state index contributed by atoms with van der Waals surface area (Å²) in [4.78, 5) is 23.3. The summed E-state index contributed by atoms with van der Waals surface area (Å²) in [7, 11) is 0. The van der Waals surface area contributed by atoms with Gasteiger partial charge in [-0.15, -0.1) is 0 Å². The van der Waals surface area contributed by atoms with Gasteiger partial charge < -0.3 is 10.4 Å². The molecule has 120 valence electrons. The largest absolute Gasteiger partial charge is 0.480 e. The number of aliphatic carboxylic acids is 1. The fourth-order valence-corrected chi connectivity index (χ4v) is 2.37. The monoisotopic (exact) mass is 335 g/mol. The first-order valence-corrected chi connectivity index (χ1v) is 7.33. The molecule has 23 heavy (non-hydrogen) atoms. The van der Waals surface area contributed by atoms with E-state index < -0.39 is 23.7 Å². The molecule has 2 aromatic carbocycles. The number of carbonyl (C=O) groups is 2. The van der Waals surface area contributed by atoms with E-state index in [0.717, 1.165) is 0 Å². The molecular weight excluding hydrogens is 321 g/mol. The Labute approximate surface area is 137 Å². The number of carbonyl (C=O) groups excluding carboxylic acids is 1. The second-order valence-corrected chi connectivity index (χ2v) is 5.47. The number of nitrogens with one attached hydrogen (secondary N) is 1. The van der Waals surface area contributed by atoms with Crippen LogP contribution in [0.15, 0.2) is 48.5 Å². The topological polar surface area (TPSA) is 66.4 Å². The number of amides is 1. The molecule has 2 aromatic rings. The highest BCUT2D eigenvalue weighted by molar-refractivity contribution is 6.31. The lowest BCUT2D eigenvalue weighted by atomic mass is 10.1. The van der Waals surface area contributed by atoms with Crippen molar-refractivity contribution in [3.05, 3.63) is 70.5 Å². The maximum absolute atomic E-state index is 13.1. The number of carboxylic acid groups (broad SMARTS) is 1. The van der Waals surface area contributed by atoms with Gasteiger partial charge in [0.1, 0.15) is 11.9 Å². The Morgan fingerprint density at radius 1 is 1.17 bits per heavy atom. The summed E-state index contributed by atoms with van der Waals surface area (Å²) in [5, 5.41) is 12.1. The molecule has 1 atom stereocenters. The first kappa shape index (κ1) is 17.0. The molecule has 0 saturated heterocycles.